The fourth-order valence-electron chi connectivity index (χ4n) is 3.75. The number of carbonyl (C=O) groups is 1. The molecular formula is C20H24N2O2. The van der Waals surface area contributed by atoms with Crippen LogP contribution in [0, 0.1) is 12.3 Å². The zero-order valence-corrected chi connectivity index (χ0v) is 14.1. The van der Waals surface area contributed by atoms with Gasteiger partial charge in [0.05, 0.1) is 5.56 Å². The fourth-order valence-corrected chi connectivity index (χ4v) is 3.75. The number of aryl methyl sites for hydroxylation is 1. The van der Waals surface area contributed by atoms with Gasteiger partial charge in [-0.15, -0.1) is 0 Å². The van der Waals surface area contributed by atoms with Crippen LogP contribution >= 0.6 is 0 Å². The largest absolute Gasteiger partial charge is 0.351 e. The van der Waals surface area contributed by atoms with Gasteiger partial charge in [-0.25, -0.2) is 0 Å². The van der Waals surface area contributed by atoms with E-state index in [4.69, 9.17) is 0 Å². The molecule has 3 rings (SSSR count). The van der Waals surface area contributed by atoms with Crippen LogP contribution < -0.4 is 10.9 Å². The minimum atomic E-state index is -0.180. The lowest BCUT2D eigenvalue weighted by molar-refractivity contribution is 0.0929. The highest BCUT2D eigenvalue weighted by atomic mass is 16.1. The molecule has 1 aromatic carbocycles. The van der Waals surface area contributed by atoms with Crippen molar-refractivity contribution in [3.63, 3.8) is 0 Å². The SMILES string of the molecule is Cc1cc(=O)[nH]cc1C(=O)NCC1(Cc2ccccc2)CCCC1. The second kappa shape index (κ2) is 7.04. The molecule has 1 aliphatic rings. The maximum atomic E-state index is 12.5. The Hall–Kier alpha value is -2.36. The summed E-state index contributed by atoms with van der Waals surface area (Å²) in [5.41, 5.74) is 2.55. The first-order valence-electron chi connectivity index (χ1n) is 8.59. The second-order valence-corrected chi connectivity index (χ2v) is 6.95. The number of nitrogens with one attached hydrogen (secondary N) is 2. The van der Waals surface area contributed by atoms with Crippen LogP contribution in [0.5, 0.6) is 0 Å². The average Bonchev–Trinajstić information content (AvgIpc) is 3.02. The van der Waals surface area contributed by atoms with Gasteiger partial charge >= 0.3 is 0 Å². The quantitative estimate of drug-likeness (QED) is 0.887. The number of hydrogen-bond donors (Lipinski definition) is 2. The van der Waals surface area contributed by atoms with E-state index < -0.39 is 0 Å². The molecule has 0 saturated heterocycles. The predicted octanol–water partition coefficient (Wildman–Crippen LogP) is 3.22. The molecule has 0 unspecified atom stereocenters. The number of amides is 1. The number of aromatic nitrogens is 1. The van der Waals surface area contributed by atoms with E-state index in [1.807, 2.05) is 6.07 Å². The number of benzene rings is 1. The first kappa shape index (κ1) is 16.5. The van der Waals surface area contributed by atoms with Gasteiger partial charge in [0, 0.05) is 18.8 Å². The van der Waals surface area contributed by atoms with Crippen molar-refractivity contribution in [2.24, 2.45) is 5.41 Å². The zero-order valence-electron chi connectivity index (χ0n) is 14.1. The summed E-state index contributed by atoms with van der Waals surface area (Å²) in [5.74, 6) is -0.108. The van der Waals surface area contributed by atoms with Crippen molar-refractivity contribution in [3.8, 4) is 0 Å². The number of H-pyrrole nitrogens is 1. The number of hydrogen-bond acceptors (Lipinski definition) is 2. The minimum absolute atomic E-state index is 0.108. The third-order valence-electron chi connectivity index (χ3n) is 5.09. The molecule has 1 heterocycles. The zero-order chi connectivity index (χ0) is 17.0. The lowest BCUT2D eigenvalue weighted by Gasteiger charge is -2.29. The number of aromatic amines is 1. The maximum absolute atomic E-state index is 12.5. The molecule has 1 fully saturated rings. The lowest BCUT2D eigenvalue weighted by atomic mass is 9.80. The summed E-state index contributed by atoms with van der Waals surface area (Å²) < 4.78 is 0. The lowest BCUT2D eigenvalue weighted by Crippen LogP contribution is -2.37. The minimum Gasteiger partial charge on any atom is -0.351 e. The summed E-state index contributed by atoms with van der Waals surface area (Å²) in [6.45, 7) is 2.47. The molecule has 4 nitrogen and oxygen atoms in total. The van der Waals surface area contributed by atoms with E-state index in [0.29, 0.717) is 17.7 Å². The van der Waals surface area contributed by atoms with E-state index in [1.165, 1.54) is 30.7 Å². The summed E-state index contributed by atoms with van der Waals surface area (Å²) in [6, 6.07) is 12.0. The standard InChI is InChI=1S/C20H24N2O2/c1-15-11-18(23)21-13-17(15)19(24)22-14-20(9-5-6-10-20)12-16-7-3-2-4-8-16/h2-4,7-8,11,13H,5-6,9-10,12,14H2,1H3,(H,21,23)(H,22,24). The molecule has 1 amide bonds. The third kappa shape index (κ3) is 3.75. The molecule has 1 aromatic heterocycles. The number of carbonyl (C=O) groups excluding carboxylic acids is 1. The molecule has 0 radical (unpaired) electrons. The maximum Gasteiger partial charge on any atom is 0.253 e. The second-order valence-electron chi connectivity index (χ2n) is 6.95. The fraction of sp³-hybridized carbons (Fsp3) is 0.400. The molecule has 2 N–H and O–H groups in total. The molecular weight excluding hydrogens is 300 g/mol. The Morgan fingerprint density at radius 1 is 1.21 bits per heavy atom. The van der Waals surface area contributed by atoms with Crippen molar-refractivity contribution in [3.05, 3.63) is 69.6 Å². The van der Waals surface area contributed by atoms with Crippen molar-refractivity contribution in [2.45, 2.75) is 39.0 Å². The highest BCUT2D eigenvalue weighted by molar-refractivity contribution is 5.95. The van der Waals surface area contributed by atoms with Gasteiger partial charge in [-0.05, 0) is 42.7 Å². The van der Waals surface area contributed by atoms with Gasteiger partial charge in [-0.2, -0.15) is 0 Å². The highest BCUT2D eigenvalue weighted by Crippen LogP contribution is 2.40. The Morgan fingerprint density at radius 3 is 2.58 bits per heavy atom. The summed E-state index contributed by atoms with van der Waals surface area (Å²) in [7, 11) is 0. The Morgan fingerprint density at radius 2 is 1.92 bits per heavy atom. The Balaban J connectivity index is 1.70. The van der Waals surface area contributed by atoms with Gasteiger partial charge in [-0.3, -0.25) is 9.59 Å². The molecule has 24 heavy (non-hydrogen) atoms. The molecule has 0 spiro atoms. The van der Waals surface area contributed by atoms with Crippen LogP contribution in [0.4, 0.5) is 0 Å². The average molecular weight is 324 g/mol. The topological polar surface area (TPSA) is 62.0 Å². The van der Waals surface area contributed by atoms with E-state index in [2.05, 4.69) is 34.6 Å². The van der Waals surface area contributed by atoms with Crippen LogP contribution in [0.1, 0.15) is 47.2 Å². The monoisotopic (exact) mass is 324 g/mol. The molecule has 0 atom stereocenters. The molecule has 126 valence electrons. The molecule has 0 bridgehead atoms. The van der Waals surface area contributed by atoms with Crippen molar-refractivity contribution >= 4 is 5.91 Å². The van der Waals surface area contributed by atoms with Gasteiger partial charge in [0.25, 0.3) is 5.91 Å². The van der Waals surface area contributed by atoms with Crippen molar-refractivity contribution in [1.82, 2.24) is 10.3 Å². The highest BCUT2D eigenvalue weighted by Gasteiger charge is 2.34. The van der Waals surface area contributed by atoms with Crippen molar-refractivity contribution in [2.75, 3.05) is 6.54 Å². The van der Waals surface area contributed by atoms with E-state index in [0.717, 1.165) is 19.3 Å². The third-order valence-corrected chi connectivity index (χ3v) is 5.09. The summed E-state index contributed by atoms with van der Waals surface area (Å²) >= 11 is 0. The van der Waals surface area contributed by atoms with Crippen LogP contribution in [-0.4, -0.2) is 17.4 Å². The van der Waals surface area contributed by atoms with Crippen molar-refractivity contribution in [1.29, 1.82) is 0 Å². The molecule has 2 aromatic rings. The number of pyridine rings is 1. The van der Waals surface area contributed by atoms with Gasteiger partial charge < -0.3 is 10.3 Å². The van der Waals surface area contributed by atoms with Crippen LogP contribution in [-0.2, 0) is 6.42 Å². The van der Waals surface area contributed by atoms with Gasteiger partial charge in [0.15, 0.2) is 0 Å². The van der Waals surface area contributed by atoms with Crippen LogP contribution in [0.25, 0.3) is 0 Å². The van der Waals surface area contributed by atoms with E-state index >= 15 is 0 Å². The van der Waals surface area contributed by atoms with Gasteiger partial charge in [0.2, 0.25) is 5.56 Å². The molecule has 0 aliphatic heterocycles. The van der Waals surface area contributed by atoms with Gasteiger partial charge in [-0.1, -0.05) is 43.2 Å². The Labute approximate surface area is 142 Å². The Bertz CT molecular complexity index is 759. The van der Waals surface area contributed by atoms with Crippen molar-refractivity contribution < 1.29 is 4.79 Å². The first-order valence-corrected chi connectivity index (χ1v) is 8.59. The van der Waals surface area contributed by atoms with E-state index in [9.17, 15) is 9.59 Å². The van der Waals surface area contributed by atoms with E-state index in [-0.39, 0.29) is 16.9 Å². The normalized spacial score (nSPS) is 16.0. The van der Waals surface area contributed by atoms with Crippen LogP contribution in [0.15, 0.2) is 47.4 Å². The smallest absolute Gasteiger partial charge is 0.253 e. The summed E-state index contributed by atoms with van der Waals surface area (Å²) in [6.07, 6.45) is 7.24. The molecule has 1 aliphatic carbocycles. The molecule has 1 saturated carbocycles. The first-order chi connectivity index (χ1) is 11.6. The van der Waals surface area contributed by atoms with E-state index in [1.54, 1.807) is 6.92 Å². The number of rotatable bonds is 5. The van der Waals surface area contributed by atoms with Crippen LogP contribution in [0.3, 0.4) is 0 Å². The van der Waals surface area contributed by atoms with Gasteiger partial charge in [0.1, 0.15) is 0 Å². The Kier molecular flexibility index (Phi) is 4.84. The van der Waals surface area contributed by atoms with Crippen LogP contribution in [0.2, 0.25) is 0 Å². The predicted molar refractivity (Wildman–Crippen MR) is 95.2 cm³/mol. The molecule has 4 heteroatoms. The summed E-state index contributed by atoms with van der Waals surface area (Å²) in [4.78, 5) is 26.4. The summed E-state index contributed by atoms with van der Waals surface area (Å²) in [5, 5.41) is 3.10.